The van der Waals surface area contributed by atoms with E-state index in [0.717, 1.165) is 41.6 Å². The van der Waals surface area contributed by atoms with Gasteiger partial charge in [0.1, 0.15) is 0 Å². The van der Waals surface area contributed by atoms with Gasteiger partial charge in [-0.15, -0.1) is 21.5 Å². The van der Waals surface area contributed by atoms with Gasteiger partial charge in [-0.1, -0.05) is 31.6 Å². The van der Waals surface area contributed by atoms with Crippen molar-refractivity contribution in [3.8, 4) is 9.88 Å². The molecule has 0 saturated carbocycles. The first-order chi connectivity index (χ1) is 8.35. The zero-order valence-corrected chi connectivity index (χ0v) is 11.7. The minimum absolute atomic E-state index is 0.901. The molecular formula is C11H16N4S2. The molecule has 0 saturated heterocycles. The second-order valence-corrected chi connectivity index (χ2v) is 5.55. The molecule has 0 bridgehead atoms. The highest BCUT2D eigenvalue weighted by atomic mass is 32.1. The molecule has 0 aliphatic carbocycles. The van der Waals surface area contributed by atoms with E-state index in [9.17, 15) is 0 Å². The van der Waals surface area contributed by atoms with Gasteiger partial charge in [0.05, 0.1) is 16.1 Å². The van der Waals surface area contributed by atoms with Crippen molar-refractivity contribution in [2.75, 3.05) is 11.9 Å². The van der Waals surface area contributed by atoms with Crippen LogP contribution in [0.15, 0.2) is 5.51 Å². The monoisotopic (exact) mass is 268 g/mol. The van der Waals surface area contributed by atoms with E-state index in [-0.39, 0.29) is 0 Å². The molecule has 2 aromatic heterocycles. The van der Waals surface area contributed by atoms with E-state index in [1.54, 1.807) is 22.7 Å². The first-order valence-corrected chi connectivity index (χ1v) is 7.54. The summed E-state index contributed by atoms with van der Waals surface area (Å²) in [5, 5.41) is 13.5. The molecule has 0 aliphatic heterocycles. The molecule has 2 rings (SSSR count). The maximum atomic E-state index is 4.39. The Labute approximate surface area is 109 Å². The second kappa shape index (κ2) is 6.07. The smallest absolute Gasteiger partial charge is 0.206 e. The van der Waals surface area contributed by atoms with Gasteiger partial charge in [-0.25, -0.2) is 4.98 Å². The van der Waals surface area contributed by atoms with Crippen LogP contribution in [0, 0.1) is 0 Å². The molecule has 0 unspecified atom stereocenters. The predicted molar refractivity (Wildman–Crippen MR) is 73.8 cm³/mol. The number of aryl methyl sites for hydroxylation is 1. The van der Waals surface area contributed by atoms with Crippen molar-refractivity contribution in [3.63, 3.8) is 0 Å². The van der Waals surface area contributed by atoms with Crippen LogP contribution in [0.3, 0.4) is 0 Å². The zero-order valence-electron chi connectivity index (χ0n) is 10.1. The molecule has 0 spiro atoms. The van der Waals surface area contributed by atoms with Crippen molar-refractivity contribution in [1.29, 1.82) is 0 Å². The number of rotatable bonds is 6. The Morgan fingerprint density at radius 1 is 1.24 bits per heavy atom. The van der Waals surface area contributed by atoms with Crippen molar-refractivity contribution >= 4 is 27.8 Å². The summed E-state index contributed by atoms with van der Waals surface area (Å²) in [7, 11) is 0. The van der Waals surface area contributed by atoms with Crippen molar-refractivity contribution in [2.45, 2.75) is 33.1 Å². The number of nitrogens with zero attached hydrogens (tertiary/aromatic N) is 3. The normalized spacial score (nSPS) is 10.7. The highest BCUT2D eigenvalue weighted by Gasteiger charge is 2.13. The molecule has 0 fully saturated rings. The lowest BCUT2D eigenvalue weighted by Gasteiger charge is -1.96. The molecule has 17 heavy (non-hydrogen) atoms. The van der Waals surface area contributed by atoms with Crippen molar-refractivity contribution < 1.29 is 0 Å². The Kier molecular flexibility index (Phi) is 4.44. The summed E-state index contributed by atoms with van der Waals surface area (Å²) in [6.45, 7) is 5.24. The average Bonchev–Trinajstić information content (AvgIpc) is 2.95. The minimum atomic E-state index is 0.901. The largest absolute Gasteiger partial charge is 0.360 e. The van der Waals surface area contributed by atoms with Crippen LogP contribution < -0.4 is 5.32 Å². The summed E-state index contributed by atoms with van der Waals surface area (Å²) >= 11 is 3.26. The van der Waals surface area contributed by atoms with Crippen molar-refractivity contribution in [3.05, 3.63) is 11.2 Å². The summed E-state index contributed by atoms with van der Waals surface area (Å²) in [5.41, 5.74) is 3.04. The number of nitrogens with one attached hydrogen (secondary N) is 1. The van der Waals surface area contributed by atoms with Gasteiger partial charge in [0.25, 0.3) is 0 Å². The Bertz CT molecular complexity index is 463. The van der Waals surface area contributed by atoms with Gasteiger partial charge in [-0.2, -0.15) is 0 Å². The Hall–Kier alpha value is -1.01. The van der Waals surface area contributed by atoms with E-state index in [1.165, 1.54) is 4.88 Å². The molecule has 2 heterocycles. The summed E-state index contributed by atoms with van der Waals surface area (Å²) < 4.78 is 0. The molecule has 6 heteroatoms. The van der Waals surface area contributed by atoms with Gasteiger partial charge >= 0.3 is 0 Å². The third-order valence-corrected chi connectivity index (χ3v) is 4.18. The van der Waals surface area contributed by atoms with Gasteiger partial charge in [-0.3, -0.25) is 0 Å². The van der Waals surface area contributed by atoms with Crippen molar-refractivity contribution in [2.24, 2.45) is 0 Å². The van der Waals surface area contributed by atoms with E-state index in [1.807, 2.05) is 5.51 Å². The minimum Gasteiger partial charge on any atom is -0.360 e. The molecule has 0 aliphatic rings. The van der Waals surface area contributed by atoms with E-state index in [4.69, 9.17) is 0 Å². The van der Waals surface area contributed by atoms with Gasteiger partial charge in [0.15, 0.2) is 5.01 Å². The van der Waals surface area contributed by atoms with Gasteiger partial charge in [-0.05, 0) is 12.8 Å². The maximum absolute atomic E-state index is 4.39. The van der Waals surface area contributed by atoms with Crippen LogP contribution >= 0.6 is 22.7 Å². The van der Waals surface area contributed by atoms with Crippen LogP contribution in [-0.4, -0.2) is 21.7 Å². The van der Waals surface area contributed by atoms with E-state index in [2.05, 4.69) is 34.3 Å². The Morgan fingerprint density at radius 3 is 2.88 bits per heavy atom. The highest BCUT2D eigenvalue weighted by molar-refractivity contribution is 7.22. The van der Waals surface area contributed by atoms with Crippen LogP contribution in [0.1, 0.15) is 32.4 Å². The molecule has 0 amide bonds. The topological polar surface area (TPSA) is 50.7 Å². The van der Waals surface area contributed by atoms with Crippen LogP contribution in [0.5, 0.6) is 0 Å². The van der Waals surface area contributed by atoms with Gasteiger partial charge < -0.3 is 5.32 Å². The molecule has 0 radical (unpaired) electrons. The Morgan fingerprint density at radius 2 is 2.12 bits per heavy atom. The van der Waals surface area contributed by atoms with Crippen LogP contribution in [0.2, 0.25) is 0 Å². The van der Waals surface area contributed by atoms with Crippen molar-refractivity contribution in [1.82, 2.24) is 15.2 Å². The lowest BCUT2D eigenvalue weighted by Crippen LogP contribution is -1.98. The van der Waals surface area contributed by atoms with Crippen LogP contribution in [0.25, 0.3) is 9.88 Å². The molecule has 4 nitrogen and oxygen atoms in total. The maximum Gasteiger partial charge on any atom is 0.206 e. The number of hydrogen-bond acceptors (Lipinski definition) is 6. The summed E-state index contributed by atoms with van der Waals surface area (Å²) in [6, 6.07) is 0. The standard InChI is InChI=1S/C11H16N4S2/c1-3-5-8-9(16-7-13-8)10-14-15-11(17-10)12-6-4-2/h7H,3-6H2,1-2H3,(H,12,15). The predicted octanol–water partition coefficient (Wildman–Crippen LogP) is 3.44. The first-order valence-electron chi connectivity index (χ1n) is 5.85. The number of thiazole rings is 1. The first kappa shape index (κ1) is 12.4. The SMILES string of the molecule is CCCNc1nnc(-c2scnc2CCC)s1. The number of anilines is 1. The van der Waals surface area contributed by atoms with E-state index >= 15 is 0 Å². The molecule has 1 N–H and O–H groups in total. The fourth-order valence-corrected chi connectivity index (χ4v) is 3.19. The third-order valence-electron chi connectivity index (χ3n) is 2.27. The molecule has 0 aromatic carbocycles. The molecule has 2 aromatic rings. The van der Waals surface area contributed by atoms with E-state index in [0.29, 0.717) is 0 Å². The molecule has 0 atom stereocenters. The van der Waals surface area contributed by atoms with Gasteiger partial charge in [0, 0.05) is 6.54 Å². The van der Waals surface area contributed by atoms with Crippen LogP contribution in [-0.2, 0) is 6.42 Å². The summed E-state index contributed by atoms with van der Waals surface area (Å²) in [5.74, 6) is 0. The number of aromatic nitrogens is 3. The fourth-order valence-electron chi connectivity index (χ4n) is 1.48. The summed E-state index contributed by atoms with van der Waals surface area (Å²) in [4.78, 5) is 5.57. The average molecular weight is 268 g/mol. The number of hydrogen-bond donors (Lipinski definition) is 1. The molecule has 92 valence electrons. The fraction of sp³-hybridized carbons (Fsp3) is 0.545. The lowest BCUT2D eigenvalue weighted by molar-refractivity contribution is 0.893. The third kappa shape index (κ3) is 3.01. The molecular weight excluding hydrogens is 252 g/mol. The highest BCUT2D eigenvalue weighted by Crippen LogP contribution is 2.32. The zero-order chi connectivity index (χ0) is 12.1. The van der Waals surface area contributed by atoms with Gasteiger partial charge in [0.2, 0.25) is 5.13 Å². The van der Waals surface area contributed by atoms with Crippen LogP contribution in [0.4, 0.5) is 5.13 Å². The summed E-state index contributed by atoms with van der Waals surface area (Å²) in [6.07, 6.45) is 3.21. The lowest BCUT2D eigenvalue weighted by atomic mass is 10.2. The Balaban J connectivity index is 2.15. The van der Waals surface area contributed by atoms with E-state index < -0.39 is 0 Å². The quantitative estimate of drug-likeness (QED) is 0.872. The second-order valence-electron chi connectivity index (χ2n) is 3.72.